The third-order valence-electron chi connectivity index (χ3n) is 6.74. The van der Waals surface area contributed by atoms with E-state index >= 15 is 0 Å². The second-order valence-electron chi connectivity index (χ2n) is 9.01. The van der Waals surface area contributed by atoms with Gasteiger partial charge in [0.25, 0.3) is 5.91 Å². The molecule has 2 aromatic rings. The number of carbonyl (C=O) groups is 2. The third kappa shape index (κ3) is 4.90. The predicted molar refractivity (Wildman–Crippen MR) is 123 cm³/mol. The summed E-state index contributed by atoms with van der Waals surface area (Å²) >= 11 is 0. The van der Waals surface area contributed by atoms with Crippen LogP contribution in [0.4, 0.5) is 0 Å². The zero-order valence-corrected chi connectivity index (χ0v) is 19.7. The van der Waals surface area contributed by atoms with Crippen molar-refractivity contribution < 1.29 is 23.8 Å². The molecule has 0 saturated carbocycles. The second-order valence-corrected chi connectivity index (χ2v) is 9.01. The SMILES string of the molecule is CCc1nn(CCCOC(=O)c2ccc(C)cc2OC)c2c1C(=O)NCC1(CCOCC1)C2. The molecule has 2 aliphatic rings. The van der Waals surface area contributed by atoms with Gasteiger partial charge in [0.2, 0.25) is 0 Å². The van der Waals surface area contributed by atoms with E-state index < -0.39 is 5.97 Å². The fraction of sp³-hybridized carbons (Fsp3) is 0.560. The van der Waals surface area contributed by atoms with Crippen molar-refractivity contribution in [3.05, 3.63) is 46.3 Å². The zero-order valence-electron chi connectivity index (χ0n) is 19.7. The van der Waals surface area contributed by atoms with Gasteiger partial charge in [0.05, 0.1) is 30.7 Å². The first-order chi connectivity index (χ1) is 16.0. The first-order valence-corrected chi connectivity index (χ1v) is 11.7. The Morgan fingerprint density at radius 2 is 2.09 bits per heavy atom. The number of benzene rings is 1. The molecule has 1 fully saturated rings. The fourth-order valence-electron chi connectivity index (χ4n) is 4.78. The number of hydrogen-bond donors (Lipinski definition) is 1. The first-order valence-electron chi connectivity index (χ1n) is 11.7. The van der Waals surface area contributed by atoms with E-state index in [2.05, 4.69) is 5.32 Å². The second kappa shape index (κ2) is 9.95. The van der Waals surface area contributed by atoms with E-state index in [1.807, 2.05) is 30.7 Å². The molecule has 1 aromatic carbocycles. The fourth-order valence-corrected chi connectivity index (χ4v) is 4.78. The van der Waals surface area contributed by atoms with E-state index in [0.717, 1.165) is 55.0 Å². The Kier molecular flexibility index (Phi) is 7.02. The van der Waals surface area contributed by atoms with Gasteiger partial charge in [-0.1, -0.05) is 13.0 Å². The summed E-state index contributed by atoms with van der Waals surface area (Å²) in [6.45, 7) is 6.92. The molecular weight excluding hydrogens is 422 g/mol. The Bertz CT molecular complexity index is 1020. The highest BCUT2D eigenvalue weighted by Gasteiger charge is 2.39. The number of amides is 1. The largest absolute Gasteiger partial charge is 0.496 e. The van der Waals surface area contributed by atoms with Crippen LogP contribution in [-0.4, -0.2) is 55.1 Å². The molecular formula is C25H33N3O5. The van der Waals surface area contributed by atoms with Crippen LogP contribution in [-0.2, 0) is 28.9 Å². The van der Waals surface area contributed by atoms with Gasteiger partial charge in [-0.3, -0.25) is 9.48 Å². The normalized spacial score (nSPS) is 17.2. The number of nitrogens with zero attached hydrogens (tertiary/aromatic N) is 2. The number of esters is 1. The van der Waals surface area contributed by atoms with Crippen LogP contribution in [0, 0.1) is 12.3 Å². The van der Waals surface area contributed by atoms with Gasteiger partial charge in [-0.15, -0.1) is 0 Å². The lowest BCUT2D eigenvalue weighted by Crippen LogP contribution is -2.40. The minimum atomic E-state index is -0.402. The molecule has 8 nitrogen and oxygen atoms in total. The molecule has 0 unspecified atom stereocenters. The lowest BCUT2D eigenvalue weighted by Gasteiger charge is -2.36. The van der Waals surface area contributed by atoms with Crippen LogP contribution in [0.15, 0.2) is 18.2 Å². The van der Waals surface area contributed by atoms with Crippen LogP contribution in [0.5, 0.6) is 5.75 Å². The summed E-state index contributed by atoms with van der Waals surface area (Å²) < 4.78 is 18.4. The molecule has 1 saturated heterocycles. The lowest BCUT2D eigenvalue weighted by atomic mass is 9.76. The van der Waals surface area contributed by atoms with Crippen molar-refractivity contribution in [2.24, 2.45) is 5.41 Å². The summed E-state index contributed by atoms with van der Waals surface area (Å²) in [5.74, 6) is 0.0769. The Morgan fingerprint density at radius 1 is 1.30 bits per heavy atom. The molecule has 1 spiro atoms. The van der Waals surface area contributed by atoms with Crippen molar-refractivity contribution in [2.75, 3.05) is 33.5 Å². The molecule has 0 aliphatic carbocycles. The standard InChI is InChI=1S/C25H33N3O5/c1-4-19-22-20(15-25(16-26-23(22)29)8-12-32-13-9-25)28(27-19)10-5-11-33-24(30)18-7-6-17(2)14-21(18)31-3/h6-7,14H,4-5,8-13,15-16H2,1-3H3,(H,26,29). The summed E-state index contributed by atoms with van der Waals surface area (Å²) in [5, 5.41) is 7.89. The van der Waals surface area contributed by atoms with Crippen LogP contribution < -0.4 is 10.1 Å². The van der Waals surface area contributed by atoms with E-state index in [4.69, 9.17) is 19.3 Å². The first kappa shape index (κ1) is 23.3. The van der Waals surface area contributed by atoms with Crippen molar-refractivity contribution in [2.45, 2.75) is 52.5 Å². The maximum absolute atomic E-state index is 12.9. The molecule has 0 bridgehead atoms. The molecule has 2 aliphatic heterocycles. The number of ether oxygens (including phenoxy) is 3. The van der Waals surface area contributed by atoms with Crippen LogP contribution in [0.25, 0.3) is 0 Å². The van der Waals surface area contributed by atoms with Crippen molar-refractivity contribution in [3.63, 3.8) is 0 Å². The Labute approximate surface area is 194 Å². The summed E-state index contributed by atoms with van der Waals surface area (Å²) in [6.07, 6.45) is 3.96. The molecule has 1 N–H and O–H groups in total. The number of aromatic nitrogens is 2. The highest BCUT2D eigenvalue weighted by Crippen LogP contribution is 2.37. The smallest absolute Gasteiger partial charge is 0.341 e. The summed E-state index contributed by atoms with van der Waals surface area (Å²) in [6, 6.07) is 5.41. The van der Waals surface area contributed by atoms with Gasteiger partial charge < -0.3 is 19.5 Å². The number of nitrogens with one attached hydrogen (secondary N) is 1. The molecule has 0 atom stereocenters. The number of fused-ring (bicyclic) bond motifs is 1. The monoisotopic (exact) mass is 455 g/mol. The van der Waals surface area contributed by atoms with E-state index in [0.29, 0.717) is 37.2 Å². The minimum Gasteiger partial charge on any atom is -0.496 e. The van der Waals surface area contributed by atoms with Crippen molar-refractivity contribution >= 4 is 11.9 Å². The molecule has 8 heteroatoms. The maximum Gasteiger partial charge on any atom is 0.341 e. The Morgan fingerprint density at radius 3 is 2.82 bits per heavy atom. The molecule has 178 valence electrons. The van der Waals surface area contributed by atoms with Crippen LogP contribution in [0.1, 0.15) is 63.9 Å². The molecule has 1 amide bonds. The number of carbonyl (C=O) groups excluding carboxylic acids is 2. The lowest BCUT2D eigenvalue weighted by molar-refractivity contribution is 0.0152. The molecule has 0 radical (unpaired) electrons. The van der Waals surface area contributed by atoms with E-state index in [-0.39, 0.29) is 17.9 Å². The maximum atomic E-state index is 12.9. The van der Waals surface area contributed by atoms with Crippen molar-refractivity contribution in [1.29, 1.82) is 0 Å². The average Bonchev–Trinajstić information content (AvgIpc) is 3.10. The van der Waals surface area contributed by atoms with Gasteiger partial charge in [0, 0.05) is 32.7 Å². The van der Waals surface area contributed by atoms with Gasteiger partial charge >= 0.3 is 5.97 Å². The van der Waals surface area contributed by atoms with E-state index in [1.165, 1.54) is 0 Å². The summed E-state index contributed by atoms with van der Waals surface area (Å²) in [7, 11) is 1.54. The highest BCUT2D eigenvalue weighted by molar-refractivity contribution is 5.97. The molecule has 1 aromatic heterocycles. The third-order valence-corrected chi connectivity index (χ3v) is 6.74. The van der Waals surface area contributed by atoms with Gasteiger partial charge in [-0.25, -0.2) is 4.79 Å². The van der Waals surface area contributed by atoms with Gasteiger partial charge in [-0.05, 0) is 55.7 Å². The van der Waals surface area contributed by atoms with Crippen molar-refractivity contribution in [1.82, 2.24) is 15.1 Å². The highest BCUT2D eigenvalue weighted by atomic mass is 16.5. The number of aryl methyl sites for hydroxylation is 3. The van der Waals surface area contributed by atoms with Crippen LogP contribution in [0.3, 0.4) is 0 Å². The molecule has 3 heterocycles. The zero-order chi connectivity index (χ0) is 23.4. The van der Waals surface area contributed by atoms with Gasteiger partial charge in [0.1, 0.15) is 11.3 Å². The van der Waals surface area contributed by atoms with E-state index in [9.17, 15) is 9.59 Å². The average molecular weight is 456 g/mol. The van der Waals surface area contributed by atoms with E-state index in [1.54, 1.807) is 13.2 Å². The quantitative estimate of drug-likeness (QED) is 0.510. The Balaban J connectivity index is 1.45. The molecule has 4 rings (SSSR count). The number of rotatable bonds is 7. The van der Waals surface area contributed by atoms with Gasteiger partial charge in [-0.2, -0.15) is 5.10 Å². The summed E-state index contributed by atoms with van der Waals surface area (Å²) in [5.41, 5.74) is 3.99. The predicted octanol–water partition coefficient (Wildman–Crippen LogP) is 3.09. The molecule has 33 heavy (non-hydrogen) atoms. The van der Waals surface area contributed by atoms with Gasteiger partial charge in [0.15, 0.2) is 0 Å². The Hall–Kier alpha value is -2.87. The number of hydrogen-bond acceptors (Lipinski definition) is 6. The van der Waals surface area contributed by atoms with Crippen LogP contribution >= 0.6 is 0 Å². The van der Waals surface area contributed by atoms with Crippen molar-refractivity contribution in [3.8, 4) is 5.75 Å². The minimum absolute atomic E-state index is 0.0103. The summed E-state index contributed by atoms with van der Waals surface area (Å²) in [4.78, 5) is 25.4. The number of methoxy groups -OCH3 is 1. The van der Waals surface area contributed by atoms with Crippen LogP contribution in [0.2, 0.25) is 0 Å². The topological polar surface area (TPSA) is 91.7 Å².